The van der Waals surface area contributed by atoms with E-state index >= 15 is 0 Å². The lowest BCUT2D eigenvalue weighted by Gasteiger charge is -2.13. The number of allylic oxidation sites excluding steroid dienone is 2. The van der Waals surface area contributed by atoms with E-state index in [0.29, 0.717) is 13.1 Å². The first-order valence-corrected chi connectivity index (χ1v) is 4.31. The summed E-state index contributed by atoms with van der Waals surface area (Å²) in [5.41, 5.74) is 1.43. The molecule has 0 radical (unpaired) electrons. The van der Waals surface area contributed by atoms with Crippen molar-refractivity contribution in [3.8, 4) is 0 Å². The molecule has 0 saturated heterocycles. The molecule has 1 aliphatic heterocycles. The molecule has 0 amide bonds. The van der Waals surface area contributed by atoms with Crippen molar-refractivity contribution in [1.82, 2.24) is 4.90 Å². The predicted octanol–water partition coefficient (Wildman–Crippen LogP) is 1.92. The van der Waals surface area contributed by atoms with Gasteiger partial charge in [-0.25, -0.2) is 0 Å². The van der Waals surface area contributed by atoms with Gasteiger partial charge in [0, 0.05) is 13.2 Å². The Hall–Kier alpha value is -1.25. The van der Waals surface area contributed by atoms with Crippen molar-refractivity contribution in [1.29, 1.82) is 0 Å². The van der Waals surface area contributed by atoms with Crippen LogP contribution in [0.15, 0.2) is 24.0 Å². The van der Waals surface area contributed by atoms with Crippen molar-refractivity contribution < 1.29 is 9.53 Å². The van der Waals surface area contributed by atoms with Gasteiger partial charge in [0.25, 0.3) is 6.47 Å². The third kappa shape index (κ3) is 7.12. The Kier molecular flexibility index (Phi) is 6.69. The minimum atomic E-state index is 0.431. The summed E-state index contributed by atoms with van der Waals surface area (Å²) in [6.45, 7) is 4.80. The number of hydrogen-bond acceptors (Lipinski definition) is 3. The number of carbonyl (C=O) groups excluding carboxylic acids is 1. The molecule has 74 valence electrons. The number of rotatable bonds is 2. The van der Waals surface area contributed by atoms with Gasteiger partial charge in [-0.1, -0.05) is 11.6 Å². The molecule has 0 aromatic rings. The zero-order chi connectivity index (χ0) is 10.1. The molecule has 0 atom stereocenters. The molecular weight excluding hydrogens is 166 g/mol. The van der Waals surface area contributed by atoms with E-state index in [9.17, 15) is 4.79 Å². The third-order valence-corrected chi connectivity index (χ3v) is 1.44. The van der Waals surface area contributed by atoms with Crippen LogP contribution in [0.5, 0.6) is 0 Å². The van der Waals surface area contributed by atoms with E-state index in [1.807, 2.05) is 7.05 Å². The zero-order valence-electron chi connectivity index (χ0n) is 8.49. The molecule has 0 aromatic carbocycles. The van der Waals surface area contributed by atoms with E-state index < -0.39 is 0 Å². The van der Waals surface area contributed by atoms with Gasteiger partial charge in [-0.05, 0) is 26.5 Å². The molecule has 0 spiro atoms. The Labute approximate surface area is 79.7 Å². The van der Waals surface area contributed by atoms with Crippen LogP contribution in [-0.2, 0) is 9.53 Å². The lowest BCUT2D eigenvalue weighted by molar-refractivity contribution is -0.128. The van der Waals surface area contributed by atoms with Gasteiger partial charge < -0.3 is 9.64 Å². The molecule has 0 bridgehead atoms. The van der Waals surface area contributed by atoms with Gasteiger partial charge in [-0.15, -0.1) is 0 Å². The minimum Gasteiger partial charge on any atom is -0.468 e. The SMILES string of the molecule is CC1=CN(C)C=CC1.CCOC=O. The highest BCUT2D eigenvalue weighted by Crippen LogP contribution is 2.07. The van der Waals surface area contributed by atoms with Gasteiger partial charge >= 0.3 is 0 Å². The highest BCUT2D eigenvalue weighted by molar-refractivity contribution is 5.36. The number of hydrogen-bond donors (Lipinski definition) is 0. The standard InChI is InChI=1S/C7H11N.C3H6O2/c1-7-4-3-5-8(2)6-7;1-2-5-3-4/h3,5-6H,4H2,1-2H3;3H,2H2,1H3. The molecule has 0 aromatic heterocycles. The topological polar surface area (TPSA) is 29.5 Å². The van der Waals surface area contributed by atoms with Crippen LogP contribution in [0.3, 0.4) is 0 Å². The summed E-state index contributed by atoms with van der Waals surface area (Å²) >= 11 is 0. The lowest BCUT2D eigenvalue weighted by atomic mass is 10.2. The Morgan fingerprint density at radius 3 is 2.62 bits per heavy atom. The van der Waals surface area contributed by atoms with Crippen LogP contribution in [0.25, 0.3) is 0 Å². The molecule has 1 rings (SSSR count). The first-order chi connectivity index (χ1) is 6.20. The first kappa shape index (κ1) is 11.8. The molecule has 0 saturated carbocycles. The second-order valence-electron chi connectivity index (χ2n) is 2.78. The van der Waals surface area contributed by atoms with E-state index in [2.05, 4.69) is 35.0 Å². The fourth-order valence-corrected chi connectivity index (χ4v) is 0.916. The molecule has 3 nitrogen and oxygen atoms in total. The van der Waals surface area contributed by atoms with Crippen LogP contribution in [0.4, 0.5) is 0 Å². The molecule has 1 heterocycles. The summed E-state index contributed by atoms with van der Waals surface area (Å²) in [5, 5.41) is 0. The summed E-state index contributed by atoms with van der Waals surface area (Å²) in [5.74, 6) is 0. The van der Waals surface area contributed by atoms with E-state index in [-0.39, 0.29) is 0 Å². The average molecular weight is 183 g/mol. The smallest absolute Gasteiger partial charge is 0.293 e. The first-order valence-electron chi connectivity index (χ1n) is 4.31. The molecule has 0 unspecified atom stereocenters. The summed E-state index contributed by atoms with van der Waals surface area (Å²) in [6.07, 6.45) is 7.49. The van der Waals surface area contributed by atoms with E-state index in [1.165, 1.54) is 5.57 Å². The van der Waals surface area contributed by atoms with Crippen molar-refractivity contribution in [3.63, 3.8) is 0 Å². The second kappa shape index (κ2) is 7.40. The van der Waals surface area contributed by atoms with Gasteiger partial charge in [0.15, 0.2) is 0 Å². The highest BCUT2D eigenvalue weighted by Gasteiger charge is 1.92. The zero-order valence-corrected chi connectivity index (χ0v) is 8.49. The van der Waals surface area contributed by atoms with Gasteiger partial charge in [-0.2, -0.15) is 0 Å². The highest BCUT2D eigenvalue weighted by atomic mass is 16.5. The predicted molar refractivity (Wildman–Crippen MR) is 53.0 cm³/mol. The number of carbonyl (C=O) groups is 1. The van der Waals surface area contributed by atoms with Crippen molar-refractivity contribution in [3.05, 3.63) is 24.0 Å². The van der Waals surface area contributed by atoms with Crippen LogP contribution < -0.4 is 0 Å². The van der Waals surface area contributed by atoms with Gasteiger partial charge in [0.2, 0.25) is 0 Å². The second-order valence-corrected chi connectivity index (χ2v) is 2.78. The van der Waals surface area contributed by atoms with Gasteiger partial charge in [0.1, 0.15) is 0 Å². The normalized spacial score (nSPS) is 14.1. The molecule has 1 aliphatic rings. The summed E-state index contributed by atoms with van der Waals surface area (Å²) in [4.78, 5) is 11.3. The van der Waals surface area contributed by atoms with Gasteiger partial charge in [0.05, 0.1) is 6.61 Å². The maximum Gasteiger partial charge on any atom is 0.293 e. The van der Waals surface area contributed by atoms with E-state index in [1.54, 1.807) is 6.92 Å². The monoisotopic (exact) mass is 183 g/mol. The Morgan fingerprint density at radius 2 is 2.38 bits per heavy atom. The Balaban J connectivity index is 0.000000252. The maximum atomic E-state index is 9.18. The average Bonchev–Trinajstić information content (AvgIpc) is 2.06. The van der Waals surface area contributed by atoms with Crippen molar-refractivity contribution in [2.75, 3.05) is 13.7 Å². The van der Waals surface area contributed by atoms with Crippen LogP contribution in [0.1, 0.15) is 20.3 Å². The summed E-state index contributed by atoms with van der Waals surface area (Å²) < 4.78 is 4.15. The van der Waals surface area contributed by atoms with Crippen LogP contribution in [-0.4, -0.2) is 25.0 Å². The quantitative estimate of drug-likeness (QED) is 0.612. The van der Waals surface area contributed by atoms with Crippen LogP contribution in [0, 0.1) is 0 Å². The molecule has 0 N–H and O–H groups in total. The summed E-state index contributed by atoms with van der Waals surface area (Å²) in [7, 11) is 2.04. The Morgan fingerprint density at radius 1 is 1.69 bits per heavy atom. The summed E-state index contributed by atoms with van der Waals surface area (Å²) in [6, 6.07) is 0. The maximum absolute atomic E-state index is 9.18. The van der Waals surface area contributed by atoms with Crippen molar-refractivity contribution >= 4 is 6.47 Å². The minimum absolute atomic E-state index is 0.431. The molecule has 13 heavy (non-hydrogen) atoms. The molecule has 0 fully saturated rings. The van der Waals surface area contributed by atoms with E-state index in [4.69, 9.17) is 0 Å². The fraction of sp³-hybridized carbons (Fsp3) is 0.500. The third-order valence-electron chi connectivity index (χ3n) is 1.44. The van der Waals surface area contributed by atoms with Crippen LogP contribution >= 0.6 is 0 Å². The van der Waals surface area contributed by atoms with Crippen molar-refractivity contribution in [2.24, 2.45) is 0 Å². The molecule has 0 aliphatic carbocycles. The fourth-order valence-electron chi connectivity index (χ4n) is 0.916. The molecule has 3 heteroatoms. The lowest BCUT2D eigenvalue weighted by Crippen LogP contribution is -2.04. The van der Waals surface area contributed by atoms with E-state index in [0.717, 1.165) is 6.42 Å². The molecular formula is C10H17NO2. The number of nitrogens with zero attached hydrogens (tertiary/aromatic N) is 1. The van der Waals surface area contributed by atoms with Crippen LogP contribution in [0.2, 0.25) is 0 Å². The van der Waals surface area contributed by atoms with Crippen molar-refractivity contribution in [2.45, 2.75) is 20.3 Å². The Bertz CT molecular complexity index is 197. The largest absolute Gasteiger partial charge is 0.468 e. The van der Waals surface area contributed by atoms with Gasteiger partial charge in [-0.3, -0.25) is 4.79 Å². The number of ether oxygens (including phenoxy) is 1.